The molecule has 2 rings (SSSR count). The van der Waals surface area contributed by atoms with Crippen LogP contribution in [0.5, 0.6) is 11.5 Å². The first-order chi connectivity index (χ1) is 10.7. The summed E-state index contributed by atoms with van der Waals surface area (Å²) >= 11 is 0. The number of halogens is 1. The number of rotatable bonds is 7. The number of hydrogen-bond donors (Lipinski definition) is 1. The number of hydrogen-bond acceptors (Lipinski definition) is 3. The minimum absolute atomic E-state index is 0. The van der Waals surface area contributed by atoms with E-state index < -0.39 is 0 Å². The van der Waals surface area contributed by atoms with E-state index in [-0.39, 0.29) is 12.4 Å². The third kappa shape index (κ3) is 5.15. The Morgan fingerprint density at radius 1 is 0.826 bits per heavy atom. The molecular formula is C19H26ClNO2. The van der Waals surface area contributed by atoms with Crippen molar-refractivity contribution < 1.29 is 9.47 Å². The van der Waals surface area contributed by atoms with Gasteiger partial charge in [-0.25, -0.2) is 0 Å². The van der Waals surface area contributed by atoms with Crippen molar-refractivity contribution in [3.8, 4) is 11.5 Å². The molecule has 0 aliphatic rings. The maximum atomic E-state index is 5.83. The van der Waals surface area contributed by atoms with Crippen molar-refractivity contribution in [1.82, 2.24) is 0 Å². The van der Waals surface area contributed by atoms with Crippen molar-refractivity contribution in [2.24, 2.45) is 11.7 Å². The monoisotopic (exact) mass is 335 g/mol. The molecule has 0 fully saturated rings. The van der Waals surface area contributed by atoms with Gasteiger partial charge in [-0.15, -0.1) is 12.4 Å². The largest absolute Gasteiger partial charge is 0.497 e. The second-order valence-corrected chi connectivity index (χ2v) is 5.68. The Kier molecular flexibility index (Phi) is 7.93. The molecule has 0 spiro atoms. The van der Waals surface area contributed by atoms with Crippen LogP contribution in [0.1, 0.15) is 30.4 Å². The van der Waals surface area contributed by atoms with Crippen LogP contribution in [-0.2, 0) is 0 Å². The van der Waals surface area contributed by atoms with Gasteiger partial charge in [-0.05, 0) is 54.3 Å². The molecule has 0 aliphatic carbocycles. The maximum absolute atomic E-state index is 5.83. The first kappa shape index (κ1) is 19.3. The lowest BCUT2D eigenvalue weighted by molar-refractivity contribution is 0.414. The summed E-state index contributed by atoms with van der Waals surface area (Å²) in [7, 11) is 3.37. The van der Waals surface area contributed by atoms with E-state index >= 15 is 0 Å². The Balaban J connectivity index is 0.00000264. The van der Waals surface area contributed by atoms with Crippen LogP contribution in [0.15, 0.2) is 48.5 Å². The third-order valence-electron chi connectivity index (χ3n) is 4.08. The van der Waals surface area contributed by atoms with Crippen LogP contribution in [0.2, 0.25) is 0 Å². The number of benzene rings is 2. The average molecular weight is 336 g/mol. The van der Waals surface area contributed by atoms with Crippen molar-refractivity contribution in [2.75, 3.05) is 20.8 Å². The molecule has 0 aliphatic heterocycles. The van der Waals surface area contributed by atoms with Gasteiger partial charge in [-0.1, -0.05) is 31.2 Å². The van der Waals surface area contributed by atoms with Crippen LogP contribution in [0.25, 0.3) is 0 Å². The number of ether oxygens (including phenoxy) is 2. The summed E-state index contributed by atoms with van der Waals surface area (Å²) < 4.78 is 10.5. The van der Waals surface area contributed by atoms with Crippen LogP contribution in [0.4, 0.5) is 0 Å². The molecule has 23 heavy (non-hydrogen) atoms. The van der Waals surface area contributed by atoms with Gasteiger partial charge < -0.3 is 15.2 Å². The zero-order valence-electron chi connectivity index (χ0n) is 14.0. The quantitative estimate of drug-likeness (QED) is 0.823. The van der Waals surface area contributed by atoms with E-state index in [2.05, 4.69) is 31.2 Å². The summed E-state index contributed by atoms with van der Waals surface area (Å²) in [5.41, 5.74) is 8.39. The SMILES string of the molecule is COc1ccc(C(CC(C)CN)c2ccc(OC)cc2)cc1.Cl. The van der Waals surface area contributed by atoms with Gasteiger partial charge >= 0.3 is 0 Å². The van der Waals surface area contributed by atoms with Crippen LogP contribution in [0.3, 0.4) is 0 Å². The third-order valence-corrected chi connectivity index (χ3v) is 4.08. The first-order valence-electron chi connectivity index (χ1n) is 7.66. The summed E-state index contributed by atoms with van der Waals surface area (Å²) in [4.78, 5) is 0. The number of methoxy groups -OCH3 is 2. The lowest BCUT2D eigenvalue weighted by Crippen LogP contribution is -2.15. The van der Waals surface area contributed by atoms with Crippen molar-refractivity contribution in [3.05, 3.63) is 59.7 Å². The van der Waals surface area contributed by atoms with Gasteiger partial charge in [0.05, 0.1) is 14.2 Å². The molecule has 0 amide bonds. The molecule has 0 bridgehead atoms. The van der Waals surface area contributed by atoms with Crippen LogP contribution < -0.4 is 15.2 Å². The molecule has 0 radical (unpaired) electrons. The van der Waals surface area contributed by atoms with E-state index in [1.165, 1.54) is 11.1 Å². The molecule has 3 nitrogen and oxygen atoms in total. The predicted octanol–water partition coefficient (Wildman–Crippen LogP) is 4.24. The molecule has 1 unspecified atom stereocenters. The Morgan fingerprint density at radius 3 is 1.52 bits per heavy atom. The molecule has 0 aromatic heterocycles. The highest BCUT2D eigenvalue weighted by molar-refractivity contribution is 5.85. The zero-order valence-corrected chi connectivity index (χ0v) is 14.8. The lowest BCUT2D eigenvalue weighted by atomic mass is 9.84. The first-order valence-corrected chi connectivity index (χ1v) is 7.66. The Hall–Kier alpha value is -1.71. The van der Waals surface area contributed by atoms with Gasteiger partial charge in [0.15, 0.2) is 0 Å². The topological polar surface area (TPSA) is 44.5 Å². The predicted molar refractivity (Wildman–Crippen MR) is 97.9 cm³/mol. The van der Waals surface area contributed by atoms with E-state index in [4.69, 9.17) is 15.2 Å². The van der Waals surface area contributed by atoms with Gasteiger partial charge in [-0.3, -0.25) is 0 Å². The van der Waals surface area contributed by atoms with E-state index in [0.29, 0.717) is 18.4 Å². The highest BCUT2D eigenvalue weighted by Gasteiger charge is 2.17. The fourth-order valence-corrected chi connectivity index (χ4v) is 2.64. The highest BCUT2D eigenvalue weighted by atomic mass is 35.5. The van der Waals surface area contributed by atoms with Crippen molar-refractivity contribution in [2.45, 2.75) is 19.3 Å². The number of nitrogens with two attached hydrogens (primary N) is 1. The second kappa shape index (κ2) is 9.43. The smallest absolute Gasteiger partial charge is 0.118 e. The Labute approximate surface area is 145 Å². The van der Waals surface area contributed by atoms with Crippen molar-refractivity contribution >= 4 is 12.4 Å². The molecule has 2 aromatic carbocycles. The minimum Gasteiger partial charge on any atom is -0.497 e. The zero-order chi connectivity index (χ0) is 15.9. The summed E-state index contributed by atoms with van der Waals surface area (Å²) in [6.07, 6.45) is 1.02. The fourth-order valence-electron chi connectivity index (χ4n) is 2.64. The molecule has 1 atom stereocenters. The molecule has 0 saturated carbocycles. The van der Waals surface area contributed by atoms with Crippen molar-refractivity contribution in [3.63, 3.8) is 0 Å². The lowest BCUT2D eigenvalue weighted by Gasteiger charge is -2.22. The van der Waals surface area contributed by atoms with Gasteiger partial charge in [0.25, 0.3) is 0 Å². The second-order valence-electron chi connectivity index (χ2n) is 5.68. The summed E-state index contributed by atoms with van der Waals surface area (Å²) in [6.45, 7) is 2.89. The fraction of sp³-hybridized carbons (Fsp3) is 0.368. The van der Waals surface area contributed by atoms with E-state index in [0.717, 1.165) is 17.9 Å². The normalized spacial score (nSPS) is 11.7. The molecule has 2 aromatic rings. The van der Waals surface area contributed by atoms with Gasteiger partial charge in [0, 0.05) is 5.92 Å². The van der Waals surface area contributed by atoms with Crippen molar-refractivity contribution in [1.29, 1.82) is 0 Å². The minimum atomic E-state index is 0. The standard InChI is InChI=1S/C19H25NO2.ClH/c1-14(13-20)12-19(15-4-8-17(21-2)9-5-15)16-6-10-18(22-3)11-7-16;/h4-11,14,19H,12-13,20H2,1-3H3;1H. The molecule has 2 N–H and O–H groups in total. The summed E-state index contributed by atoms with van der Waals surface area (Å²) in [6, 6.07) is 16.6. The van der Waals surface area contributed by atoms with Gasteiger partial charge in [0.1, 0.15) is 11.5 Å². The van der Waals surface area contributed by atoms with E-state index in [1.807, 2.05) is 24.3 Å². The van der Waals surface area contributed by atoms with Crippen LogP contribution >= 0.6 is 12.4 Å². The van der Waals surface area contributed by atoms with Crippen LogP contribution in [-0.4, -0.2) is 20.8 Å². The Morgan fingerprint density at radius 2 is 1.22 bits per heavy atom. The molecule has 4 heteroatoms. The molecule has 0 heterocycles. The average Bonchev–Trinajstić information content (AvgIpc) is 2.59. The van der Waals surface area contributed by atoms with E-state index in [9.17, 15) is 0 Å². The highest BCUT2D eigenvalue weighted by Crippen LogP contribution is 2.32. The molecule has 0 saturated heterocycles. The van der Waals surface area contributed by atoms with Crippen LogP contribution in [0, 0.1) is 5.92 Å². The van der Waals surface area contributed by atoms with Gasteiger partial charge in [-0.2, -0.15) is 0 Å². The summed E-state index contributed by atoms with van der Waals surface area (Å²) in [5.74, 6) is 2.55. The molecular weight excluding hydrogens is 310 g/mol. The summed E-state index contributed by atoms with van der Waals surface area (Å²) in [5, 5.41) is 0. The molecule has 126 valence electrons. The maximum Gasteiger partial charge on any atom is 0.118 e. The van der Waals surface area contributed by atoms with Gasteiger partial charge in [0.2, 0.25) is 0 Å². The Bertz CT molecular complexity index is 521. The van der Waals surface area contributed by atoms with E-state index in [1.54, 1.807) is 14.2 Å².